The molecule has 0 atom stereocenters. The number of hydrogen-bond acceptors (Lipinski definition) is 3. The van der Waals surface area contributed by atoms with E-state index in [1.165, 1.54) is 12.1 Å². The van der Waals surface area contributed by atoms with Gasteiger partial charge < -0.3 is 10.5 Å². The number of nitrogens with zero attached hydrogens (tertiary/aromatic N) is 1. The van der Waals surface area contributed by atoms with Gasteiger partial charge in [-0.2, -0.15) is 5.26 Å². The van der Waals surface area contributed by atoms with Crippen molar-refractivity contribution >= 4 is 0 Å². The molecule has 2 rings (SSSR count). The fourth-order valence-electron chi connectivity index (χ4n) is 1.80. The van der Waals surface area contributed by atoms with Gasteiger partial charge in [0.05, 0.1) is 12.1 Å². The van der Waals surface area contributed by atoms with Crippen molar-refractivity contribution in [3.63, 3.8) is 0 Å². The first-order chi connectivity index (χ1) is 10.2. The van der Waals surface area contributed by atoms with E-state index in [0.29, 0.717) is 22.4 Å². The molecule has 0 radical (unpaired) electrons. The van der Waals surface area contributed by atoms with Crippen molar-refractivity contribution in [3.8, 4) is 23.7 Å². The van der Waals surface area contributed by atoms with Crippen molar-refractivity contribution in [3.05, 3.63) is 65.0 Å². The molecule has 0 aliphatic rings. The van der Waals surface area contributed by atoms with Crippen molar-refractivity contribution in [2.45, 2.75) is 6.61 Å². The molecule has 0 aromatic heterocycles. The maximum absolute atomic E-state index is 13.5. The highest BCUT2D eigenvalue weighted by Gasteiger charge is 2.04. The van der Waals surface area contributed by atoms with Gasteiger partial charge in [-0.15, -0.1) is 0 Å². The number of nitrogens with two attached hydrogens (primary N) is 1. The van der Waals surface area contributed by atoms with Crippen LogP contribution in [-0.2, 0) is 6.61 Å². The lowest BCUT2D eigenvalue weighted by Gasteiger charge is -2.08. The molecule has 4 heteroatoms. The third kappa shape index (κ3) is 4.07. The van der Waals surface area contributed by atoms with Gasteiger partial charge in [0, 0.05) is 5.56 Å². The molecule has 0 amide bonds. The van der Waals surface area contributed by atoms with Crippen LogP contribution >= 0.6 is 0 Å². The van der Waals surface area contributed by atoms with Crippen LogP contribution in [0, 0.1) is 29.0 Å². The summed E-state index contributed by atoms with van der Waals surface area (Å²) < 4.78 is 19.1. The predicted molar refractivity (Wildman–Crippen MR) is 77.8 cm³/mol. The topological polar surface area (TPSA) is 59.0 Å². The highest BCUT2D eigenvalue weighted by Crippen LogP contribution is 2.19. The number of halogens is 1. The van der Waals surface area contributed by atoms with Crippen molar-refractivity contribution in [2.75, 3.05) is 6.54 Å². The molecule has 2 N–H and O–H groups in total. The molecule has 0 heterocycles. The van der Waals surface area contributed by atoms with Crippen LogP contribution in [0.3, 0.4) is 0 Å². The molecule has 0 saturated heterocycles. The molecule has 0 bridgehead atoms. The number of nitriles is 1. The van der Waals surface area contributed by atoms with E-state index in [0.717, 1.165) is 0 Å². The molecular formula is C17H13FN2O. The van der Waals surface area contributed by atoms with Gasteiger partial charge in [-0.1, -0.05) is 24.0 Å². The number of ether oxygens (including phenoxy) is 1. The van der Waals surface area contributed by atoms with Crippen molar-refractivity contribution in [2.24, 2.45) is 5.73 Å². The lowest BCUT2D eigenvalue weighted by molar-refractivity contribution is 0.304. The molecule has 104 valence electrons. The quantitative estimate of drug-likeness (QED) is 0.879. The highest BCUT2D eigenvalue weighted by molar-refractivity contribution is 5.43. The van der Waals surface area contributed by atoms with Gasteiger partial charge in [-0.25, -0.2) is 4.39 Å². The molecular weight excluding hydrogens is 267 g/mol. The van der Waals surface area contributed by atoms with Gasteiger partial charge in [0.25, 0.3) is 0 Å². The molecule has 2 aromatic rings. The Hall–Kier alpha value is -2.82. The van der Waals surface area contributed by atoms with Crippen LogP contribution in [0.1, 0.15) is 16.7 Å². The lowest BCUT2D eigenvalue weighted by Crippen LogP contribution is -1.99. The van der Waals surface area contributed by atoms with E-state index in [9.17, 15) is 4.39 Å². The second-order valence-electron chi connectivity index (χ2n) is 4.25. The van der Waals surface area contributed by atoms with Crippen LogP contribution < -0.4 is 10.5 Å². The van der Waals surface area contributed by atoms with Gasteiger partial charge in [-0.3, -0.25) is 0 Å². The molecule has 3 nitrogen and oxygen atoms in total. The van der Waals surface area contributed by atoms with E-state index in [4.69, 9.17) is 15.7 Å². The number of hydrogen-bond donors (Lipinski definition) is 1. The maximum atomic E-state index is 13.5. The Morgan fingerprint density at radius 3 is 2.76 bits per heavy atom. The first-order valence-electron chi connectivity index (χ1n) is 6.33. The Morgan fingerprint density at radius 1 is 1.19 bits per heavy atom. The second kappa shape index (κ2) is 7.09. The lowest BCUT2D eigenvalue weighted by atomic mass is 10.1. The maximum Gasteiger partial charge on any atom is 0.137 e. The van der Waals surface area contributed by atoms with Gasteiger partial charge in [-0.05, 0) is 35.9 Å². The third-order valence-electron chi connectivity index (χ3n) is 2.69. The summed E-state index contributed by atoms with van der Waals surface area (Å²) >= 11 is 0. The van der Waals surface area contributed by atoms with Crippen LogP contribution in [0.25, 0.3) is 0 Å². The molecule has 21 heavy (non-hydrogen) atoms. The summed E-state index contributed by atoms with van der Waals surface area (Å²) in [4.78, 5) is 0. The SMILES string of the molecule is N#Cc1ccccc1OCc1cc(F)cc(C#CCN)c1. The van der Waals surface area contributed by atoms with E-state index in [1.54, 1.807) is 30.3 Å². The first-order valence-corrected chi connectivity index (χ1v) is 6.33. The fourth-order valence-corrected chi connectivity index (χ4v) is 1.80. The second-order valence-corrected chi connectivity index (χ2v) is 4.25. The van der Waals surface area contributed by atoms with E-state index in [-0.39, 0.29) is 19.0 Å². The van der Waals surface area contributed by atoms with Crippen molar-refractivity contribution < 1.29 is 9.13 Å². The summed E-state index contributed by atoms with van der Waals surface area (Å²) in [6.45, 7) is 0.381. The fraction of sp³-hybridized carbons (Fsp3) is 0.118. The Bertz CT molecular complexity index is 738. The van der Waals surface area contributed by atoms with Crippen LogP contribution in [0.15, 0.2) is 42.5 Å². The van der Waals surface area contributed by atoms with Crippen LogP contribution in [0.2, 0.25) is 0 Å². The zero-order valence-electron chi connectivity index (χ0n) is 11.3. The molecule has 0 aliphatic heterocycles. The Balaban J connectivity index is 2.17. The zero-order valence-corrected chi connectivity index (χ0v) is 11.3. The molecule has 0 saturated carbocycles. The van der Waals surface area contributed by atoms with Crippen LogP contribution in [0.4, 0.5) is 4.39 Å². The van der Waals surface area contributed by atoms with E-state index >= 15 is 0 Å². The molecule has 0 unspecified atom stereocenters. The van der Waals surface area contributed by atoms with Gasteiger partial charge in [0.1, 0.15) is 24.2 Å². The Labute approximate surface area is 122 Å². The summed E-state index contributed by atoms with van der Waals surface area (Å²) in [7, 11) is 0. The molecule has 0 fully saturated rings. The van der Waals surface area contributed by atoms with Gasteiger partial charge in [0.15, 0.2) is 0 Å². The Kier molecular flexibility index (Phi) is 4.93. The third-order valence-corrected chi connectivity index (χ3v) is 2.69. The summed E-state index contributed by atoms with van der Waals surface area (Å²) in [5.74, 6) is 5.55. The molecule has 0 spiro atoms. The predicted octanol–water partition coefficient (Wildman–Crippen LogP) is 2.59. The van der Waals surface area contributed by atoms with E-state index in [2.05, 4.69) is 11.8 Å². The van der Waals surface area contributed by atoms with Gasteiger partial charge in [0.2, 0.25) is 0 Å². The average molecular weight is 280 g/mol. The first kappa shape index (κ1) is 14.6. The Morgan fingerprint density at radius 2 is 2.00 bits per heavy atom. The monoisotopic (exact) mass is 280 g/mol. The minimum Gasteiger partial charge on any atom is -0.488 e. The molecule has 0 aliphatic carbocycles. The number of para-hydroxylation sites is 1. The summed E-state index contributed by atoms with van der Waals surface area (Å²) in [5.41, 5.74) is 6.93. The van der Waals surface area contributed by atoms with Crippen molar-refractivity contribution in [1.29, 1.82) is 5.26 Å². The molecule has 2 aromatic carbocycles. The minimum absolute atomic E-state index is 0.160. The van der Waals surface area contributed by atoms with Crippen molar-refractivity contribution in [1.82, 2.24) is 0 Å². The largest absolute Gasteiger partial charge is 0.488 e. The smallest absolute Gasteiger partial charge is 0.137 e. The summed E-state index contributed by atoms with van der Waals surface area (Å²) in [5, 5.41) is 8.98. The average Bonchev–Trinajstić information content (AvgIpc) is 2.50. The van der Waals surface area contributed by atoms with Crippen LogP contribution in [0.5, 0.6) is 5.75 Å². The standard InChI is InChI=1S/C17H13FN2O/c18-16-9-13(4-3-7-19)8-14(10-16)12-21-17-6-2-1-5-15(17)11-20/h1-2,5-6,8-10H,7,12,19H2. The summed E-state index contributed by atoms with van der Waals surface area (Å²) in [6.07, 6.45) is 0. The number of rotatable bonds is 3. The highest BCUT2D eigenvalue weighted by atomic mass is 19.1. The normalized spacial score (nSPS) is 9.38. The van der Waals surface area contributed by atoms with E-state index in [1.807, 2.05) is 6.07 Å². The van der Waals surface area contributed by atoms with E-state index < -0.39 is 0 Å². The summed E-state index contributed by atoms with van der Waals surface area (Å²) in [6, 6.07) is 13.4. The zero-order chi connectivity index (χ0) is 15.1. The number of benzene rings is 2. The minimum atomic E-state index is -0.383. The van der Waals surface area contributed by atoms with Crippen LogP contribution in [-0.4, -0.2) is 6.54 Å². The van der Waals surface area contributed by atoms with Gasteiger partial charge >= 0.3 is 0 Å².